The van der Waals surface area contributed by atoms with Gasteiger partial charge in [-0.1, -0.05) is 18.2 Å². The number of amides is 1. The number of carbonyl (C=O) groups excluding carboxylic acids is 1. The predicted octanol–water partition coefficient (Wildman–Crippen LogP) is 6.45. The Morgan fingerprint density at radius 3 is 2.45 bits per heavy atom. The molecule has 2 heterocycles. The largest absolute Gasteiger partial charge is 0.573 e. The maximum Gasteiger partial charge on any atom is 0.573 e. The van der Waals surface area contributed by atoms with Gasteiger partial charge in [0.2, 0.25) is 5.95 Å². The predicted molar refractivity (Wildman–Crippen MR) is 169 cm³/mol. The summed E-state index contributed by atoms with van der Waals surface area (Å²) in [7, 11) is 0. The van der Waals surface area contributed by atoms with Crippen molar-refractivity contribution in [2.45, 2.75) is 96.3 Å². The van der Waals surface area contributed by atoms with Crippen molar-refractivity contribution in [2.24, 2.45) is 23.2 Å². The van der Waals surface area contributed by atoms with E-state index in [0.717, 1.165) is 32.1 Å². The molecule has 7 rings (SSSR count). The third-order valence-electron chi connectivity index (χ3n) is 10.2. The molecular weight excluding hydrogens is 611 g/mol. The molecule has 5 aliphatic rings. The van der Waals surface area contributed by atoms with Gasteiger partial charge < -0.3 is 30.3 Å². The summed E-state index contributed by atoms with van der Waals surface area (Å²) >= 11 is 0. The molecule has 4 saturated carbocycles. The number of piperidine rings is 1. The van der Waals surface area contributed by atoms with Gasteiger partial charge in [0.25, 0.3) is 0 Å². The number of hydrogen-bond acceptors (Lipinski definition) is 9. The van der Waals surface area contributed by atoms with E-state index in [1.165, 1.54) is 31.2 Å². The van der Waals surface area contributed by atoms with Gasteiger partial charge in [-0.05, 0) is 95.0 Å². The first-order valence-electron chi connectivity index (χ1n) is 16.6. The second-order valence-electron chi connectivity index (χ2n) is 14.8. The van der Waals surface area contributed by atoms with Crippen LogP contribution in [0.25, 0.3) is 0 Å². The Bertz CT molecular complexity index is 1470. The number of nitriles is 1. The van der Waals surface area contributed by atoms with Gasteiger partial charge in [0.1, 0.15) is 28.8 Å². The Morgan fingerprint density at radius 1 is 1.09 bits per heavy atom. The fourth-order valence-electron chi connectivity index (χ4n) is 8.51. The number of rotatable bonds is 9. The van der Waals surface area contributed by atoms with Crippen molar-refractivity contribution in [1.29, 1.82) is 5.26 Å². The number of alkyl halides is 3. The molecule has 4 aliphatic carbocycles. The van der Waals surface area contributed by atoms with Crippen LogP contribution in [-0.2, 0) is 11.3 Å². The minimum absolute atomic E-state index is 0.0149. The lowest BCUT2D eigenvalue weighted by molar-refractivity contribution is -0.274. The Morgan fingerprint density at radius 2 is 1.79 bits per heavy atom. The first kappa shape index (κ1) is 33.1. The van der Waals surface area contributed by atoms with E-state index in [9.17, 15) is 23.2 Å². The highest BCUT2D eigenvalue weighted by molar-refractivity contribution is 5.68. The second kappa shape index (κ2) is 13.0. The van der Waals surface area contributed by atoms with Crippen molar-refractivity contribution in [2.75, 3.05) is 30.3 Å². The molecule has 1 aromatic carbocycles. The number of nitrogens with zero attached hydrogens (tertiary/aromatic N) is 4. The van der Waals surface area contributed by atoms with Gasteiger partial charge in [-0.15, -0.1) is 13.2 Å². The Labute approximate surface area is 273 Å². The van der Waals surface area contributed by atoms with E-state index in [1.807, 2.05) is 25.7 Å². The van der Waals surface area contributed by atoms with Gasteiger partial charge in [-0.3, -0.25) is 0 Å². The minimum atomic E-state index is -4.80. The maximum absolute atomic E-state index is 12.9. The van der Waals surface area contributed by atoms with Crippen LogP contribution in [0.3, 0.4) is 0 Å². The highest BCUT2D eigenvalue weighted by atomic mass is 19.4. The molecule has 13 heteroatoms. The highest BCUT2D eigenvalue weighted by Gasteiger charge is 2.55. The molecule has 1 aromatic heterocycles. The maximum atomic E-state index is 12.9. The number of benzene rings is 1. The lowest BCUT2D eigenvalue weighted by atomic mass is 9.48. The van der Waals surface area contributed by atoms with Crippen LogP contribution in [-0.4, -0.2) is 64.6 Å². The monoisotopic (exact) mass is 655 g/mol. The summed E-state index contributed by atoms with van der Waals surface area (Å²) < 4.78 is 48.3. The summed E-state index contributed by atoms with van der Waals surface area (Å²) in [5, 5.41) is 20.2. The normalized spacial score (nSPS) is 27.3. The molecule has 1 amide bonds. The first-order valence-corrected chi connectivity index (χ1v) is 16.6. The molecule has 0 radical (unpaired) electrons. The van der Waals surface area contributed by atoms with Crippen LogP contribution in [0.4, 0.5) is 29.7 Å². The summed E-state index contributed by atoms with van der Waals surface area (Å²) in [6.07, 6.45) is 4.09. The fraction of sp³-hybridized carbons (Fsp3) is 0.647. The van der Waals surface area contributed by atoms with Gasteiger partial charge in [-0.25, -0.2) is 9.78 Å². The molecule has 2 aromatic rings. The zero-order valence-electron chi connectivity index (χ0n) is 27.2. The number of anilines is 2. The van der Waals surface area contributed by atoms with Gasteiger partial charge >= 0.3 is 12.5 Å². The Kier molecular flexibility index (Phi) is 9.17. The van der Waals surface area contributed by atoms with E-state index in [-0.39, 0.29) is 29.8 Å². The standard InChI is InChI=1S/C34H44F3N7O3/c1-32(2,3)47-31(45)44-10-8-26(9-11-44)42-28-23-12-21-13-24(28)16-33(14-21,15-23)20-41-29-25(17-38)19-40-30(43-29)39-18-22-6-4-5-7-27(22)46-34(35,36)37/h4-7,19,21,23-24,26,28,42H,8-16,18,20H2,1-3H3,(H2,39,40,41,43)/t21?,23-,24+,28-,33-. The molecule has 3 N–H and O–H groups in total. The van der Waals surface area contributed by atoms with E-state index in [4.69, 9.17) is 4.74 Å². The van der Waals surface area contributed by atoms with E-state index in [2.05, 4.69) is 36.7 Å². The average molecular weight is 656 g/mol. The van der Waals surface area contributed by atoms with Crippen LogP contribution in [0, 0.1) is 34.5 Å². The Hall–Kier alpha value is -3.79. The molecule has 4 bridgehead atoms. The van der Waals surface area contributed by atoms with Gasteiger partial charge in [0, 0.05) is 43.8 Å². The number of halogens is 3. The van der Waals surface area contributed by atoms with Crippen LogP contribution in [0.2, 0.25) is 0 Å². The number of likely N-dealkylation sites (tertiary alicyclic amines) is 1. The van der Waals surface area contributed by atoms with Gasteiger partial charge in [-0.2, -0.15) is 10.2 Å². The van der Waals surface area contributed by atoms with Crippen LogP contribution < -0.4 is 20.7 Å². The van der Waals surface area contributed by atoms with Crippen LogP contribution in [0.1, 0.15) is 76.8 Å². The molecule has 1 aliphatic heterocycles. The van der Waals surface area contributed by atoms with Crippen molar-refractivity contribution in [1.82, 2.24) is 20.2 Å². The lowest BCUT2D eigenvalue weighted by Crippen LogP contribution is -2.62. The average Bonchev–Trinajstić information content (AvgIpc) is 3.00. The first-order chi connectivity index (χ1) is 22.3. The number of para-hydroxylation sites is 1. The molecule has 10 nitrogen and oxygen atoms in total. The topological polar surface area (TPSA) is 124 Å². The molecule has 0 spiro atoms. The molecule has 1 saturated heterocycles. The summed E-state index contributed by atoms with van der Waals surface area (Å²) in [5.41, 5.74) is 0.245. The third-order valence-corrected chi connectivity index (χ3v) is 10.2. The van der Waals surface area contributed by atoms with Crippen molar-refractivity contribution in [3.63, 3.8) is 0 Å². The van der Waals surface area contributed by atoms with E-state index in [0.29, 0.717) is 66.4 Å². The molecule has 47 heavy (non-hydrogen) atoms. The van der Waals surface area contributed by atoms with Crippen LogP contribution >= 0.6 is 0 Å². The van der Waals surface area contributed by atoms with E-state index < -0.39 is 12.0 Å². The molecule has 5 fully saturated rings. The summed E-state index contributed by atoms with van der Waals surface area (Å²) in [6.45, 7) is 7.80. The smallest absolute Gasteiger partial charge is 0.444 e. The quantitative estimate of drug-likeness (QED) is 0.279. The van der Waals surface area contributed by atoms with E-state index >= 15 is 0 Å². The minimum Gasteiger partial charge on any atom is -0.444 e. The number of hydrogen-bond donors (Lipinski definition) is 3. The van der Waals surface area contributed by atoms with Crippen molar-refractivity contribution in [3.05, 3.63) is 41.6 Å². The van der Waals surface area contributed by atoms with Crippen LogP contribution in [0.5, 0.6) is 5.75 Å². The third kappa shape index (κ3) is 8.03. The second-order valence-corrected chi connectivity index (χ2v) is 14.8. The zero-order chi connectivity index (χ0) is 33.4. The van der Waals surface area contributed by atoms with Gasteiger partial charge in [0.05, 0.1) is 6.20 Å². The fourth-order valence-corrected chi connectivity index (χ4v) is 8.51. The Balaban J connectivity index is 1.05. The van der Waals surface area contributed by atoms with Crippen molar-refractivity contribution in [3.8, 4) is 11.8 Å². The molecule has 254 valence electrons. The van der Waals surface area contributed by atoms with Crippen molar-refractivity contribution < 1.29 is 27.4 Å². The lowest BCUT2D eigenvalue weighted by Gasteiger charge is -2.61. The summed E-state index contributed by atoms with van der Waals surface area (Å²) in [4.78, 5) is 23.1. The number of ether oxygens (including phenoxy) is 2. The van der Waals surface area contributed by atoms with Crippen molar-refractivity contribution >= 4 is 17.9 Å². The zero-order valence-corrected chi connectivity index (χ0v) is 27.2. The molecular formula is C34H44F3N7O3. The van der Waals surface area contributed by atoms with Crippen LogP contribution in [0.15, 0.2) is 30.5 Å². The highest BCUT2D eigenvalue weighted by Crippen LogP contribution is 2.60. The van der Waals surface area contributed by atoms with E-state index in [1.54, 1.807) is 12.1 Å². The molecule has 5 atom stereocenters. The summed E-state index contributed by atoms with van der Waals surface area (Å²) in [5.74, 6) is 2.21. The molecule has 1 unspecified atom stereocenters. The van der Waals surface area contributed by atoms with Gasteiger partial charge in [0.15, 0.2) is 0 Å². The summed E-state index contributed by atoms with van der Waals surface area (Å²) in [6, 6.07) is 8.94. The number of carbonyl (C=O) groups is 1. The number of aromatic nitrogens is 2. The SMILES string of the molecule is CC(C)(C)OC(=O)N1CCC(N[C@@H]2[C@@H]3CC4C[C@H]2C[C@@](CNc2nc(NCc5ccccc5OC(F)(F)F)ncc2C#N)(C4)C3)CC1. The number of nitrogens with one attached hydrogen (secondary N) is 3.